The first kappa shape index (κ1) is 79.6. The van der Waals surface area contributed by atoms with Crippen LogP contribution in [0.3, 0.4) is 0 Å². The van der Waals surface area contributed by atoms with E-state index in [1.165, 1.54) is 295 Å². The van der Waals surface area contributed by atoms with Crippen LogP contribution in [0.25, 0.3) is 0 Å². The monoisotopic (exact) mass is 1150 g/mol. The smallest absolute Gasteiger partial charge is 0.306 e. The molecule has 0 radical (unpaired) electrons. The van der Waals surface area contributed by atoms with Gasteiger partial charge in [0.05, 0.1) is 0 Å². The summed E-state index contributed by atoms with van der Waals surface area (Å²) in [6.45, 7) is 6.70. The second-order valence-electron chi connectivity index (χ2n) is 25.2. The highest BCUT2D eigenvalue weighted by Crippen LogP contribution is 2.19. The van der Waals surface area contributed by atoms with E-state index in [4.69, 9.17) is 14.2 Å². The van der Waals surface area contributed by atoms with Gasteiger partial charge in [-0.25, -0.2) is 0 Å². The van der Waals surface area contributed by atoms with Crippen LogP contribution < -0.4 is 0 Å². The average molecular weight is 1150 g/mol. The molecule has 0 heterocycles. The maximum absolute atomic E-state index is 13.0. The predicted octanol–water partition coefficient (Wildman–Crippen LogP) is 25.5. The Morgan fingerprint density at radius 3 is 0.695 bits per heavy atom. The van der Waals surface area contributed by atoms with E-state index in [1.54, 1.807) is 0 Å². The average Bonchev–Trinajstić information content (AvgIpc) is 3.48. The van der Waals surface area contributed by atoms with Crippen molar-refractivity contribution in [3.05, 3.63) is 36.5 Å². The summed E-state index contributed by atoms with van der Waals surface area (Å²) in [6.07, 6.45) is 89.0. The number of allylic oxidation sites excluding steroid dienone is 6. The number of hydrogen-bond donors (Lipinski definition) is 0. The van der Waals surface area contributed by atoms with Crippen molar-refractivity contribution in [2.45, 2.75) is 419 Å². The van der Waals surface area contributed by atoms with E-state index in [0.717, 1.165) is 77.0 Å². The molecule has 0 aliphatic carbocycles. The lowest BCUT2D eigenvalue weighted by Crippen LogP contribution is -2.30. The Kier molecular flexibility index (Phi) is 69.1. The number of ether oxygens (including phenoxy) is 3. The van der Waals surface area contributed by atoms with E-state index < -0.39 is 6.10 Å². The van der Waals surface area contributed by atoms with E-state index >= 15 is 0 Å². The van der Waals surface area contributed by atoms with Gasteiger partial charge in [-0.1, -0.05) is 353 Å². The lowest BCUT2D eigenvalue weighted by molar-refractivity contribution is -0.167. The van der Waals surface area contributed by atoms with Crippen molar-refractivity contribution in [1.29, 1.82) is 0 Å². The Morgan fingerprint density at radius 1 is 0.244 bits per heavy atom. The third kappa shape index (κ3) is 68.4. The highest BCUT2D eigenvalue weighted by atomic mass is 16.6. The molecule has 1 unspecified atom stereocenters. The third-order valence-electron chi connectivity index (χ3n) is 16.9. The SMILES string of the molecule is CCCCCC/C=C\C/C=C\CCCCCCCC(=O)OCC(COC(=O)CCCCCCCCCCCCCCC/C=C\CCCCCCCCCC)OC(=O)CCCCCCCCCCCCCCCCCCCCCCCCC. The quantitative estimate of drug-likeness (QED) is 0.0261. The fourth-order valence-corrected chi connectivity index (χ4v) is 11.3. The number of carbonyl (C=O) groups excluding carboxylic acids is 3. The molecule has 0 amide bonds. The van der Waals surface area contributed by atoms with Gasteiger partial charge in [-0.05, 0) is 77.0 Å². The second-order valence-corrected chi connectivity index (χ2v) is 25.2. The largest absolute Gasteiger partial charge is 0.462 e. The molecule has 482 valence electrons. The zero-order chi connectivity index (χ0) is 59.2. The molecule has 0 N–H and O–H groups in total. The van der Waals surface area contributed by atoms with Crippen LogP contribution in [0.4, 0.5) is 0 Å². The van der Waals surface area contributed by atoms with E-state index in [1.807, 2.05) is 0 Å². The van der Waals surface area contributed by atoms with Crippen molar-refractivity contribution in [2.75, 3.05) is 13.2 Å². The summed E-state index contributed by atoms with van der Waals surface area (Å²) in [5.41, 5.74) is 0. The van der Waals surface area contributed by atoms with Gasteiger partial charge in [0.1, 0.15) is 13.2 Å². The summed E-state index contributed by atoms with van der Waals surface area (Å²) in [7, 11) is 0. The molecule has 6 heteroatoms. The van der Waals surface area contributed by atoms with Crippen LogP contribution in [0.1, 0.15) is 412 Å². The Labute approximate surface area is 512 Å². The number of rotatable bonds is 69. The number of esters is 3. The second kappa shape index (κ2) is 71.1. The van der Waals surface area contributed by atoms with E-state index in [-0.39, 0.29) is 31.1 Å². The molecular weight excluding hydrogens is 1010 g/mol. The number of unbranched alkanes of at least 4 members (excludes halogenated alkanes) is 52. The molecule has 0 rings (SSSR count). The Morgan fingerprint density at radius 2 is 0.439 bits per heavy atom. The van der Waals surface area contributed by atoms with E-state index in [0.29, 0.717) is 19.3 Å². The highest BCUT2D eigenvalue weighted by Gasteiger charge is 2.19. The fourth-order valence-electron chi connectivity index (χ4n) is 11.3. The van der Waals surface area contributed by atoms with Gasteiger partial charge in [0, 0.05) is 19.3 Å². The molecule has 0 spiro atoms. The minimum Gasteiger partial charge on any atom is -0.462 e. The molecule has 0 aromatic rings. The maximum atomic E-state index is 13.0. The Balaban J connectivity index is 4.27. The first-order valence-corrected chi connectivity index (χ1v) is 37.0. The Hall–Kier alpha value is -2.37. The molecule has 0 aliphatic rings. The molecule has 1 atom stereocenters. The molecule has 0 aliphatic heterocycles. The summed E-state index contributed by atoms with van der Waals surface area (Å²) < 4.78 is 17.0. The van der Waals surface area contributed by atoms with Gasteiger partial charge < -0.3 is 14.2 Å². The minimum absolute atomic E-state index is 0.0716. The third-order valence-corrected chi connectivity index (χ3v) is 16.9. The maximum Gasteiger partial charge on any atom is 0.306 e. The lowest BCUT2D eigenvalue weighted by atomic mass is 10.0. The first-order valence-electron chi connectivity index (χ1n) is 37.0. The summed E-state index contributed by atoms with van der Waals surface area (Å²) >= 11 is 0. The topological polar surface area (TPSA) is 78.9 Å². The van der Waals surface area contributed by atoms with Crippen molar-refractivity contribution in [1.82, 2.24) is 0 Å². The van der Waals surface area contributed by atoms with Crippen molar-refractivity contribution in [3.63, 3.8) is 0 Å². The lowest BCUT2D eigenvalue weighted by Gasteiger charge is -2.18. The molecule has 82 heavy (non-hydrogen) atoms. The molecule has 0 bridgehead atoms. The molecule has 0 saturated heterocycles. The van der Waals surface area contributed by atoms with E-state index in [9.17, 15) is 14.4 Å². The normalized spacial score (nSPS) is 12.2. The van der Waals surface area contributed by atoms with Crippen LogP contribution >= 0.6 is 0 Å². The van der Waals surface area contributed by atoms with Crippen LogP contribution in [-0.2, 0) is 28.6 Å². The summed E-state index contributed by atoms with van der Waals surface area (Å²) in [5, 5.41) is 0. The van der Waals surface area contributed by atoms with Crippen molar-refractivity contribution < 1.29 is 28.6 Å². The van der Waals surface area contributed by atoms with Crippen molar-refractivity contribution in [2.24, 2.45) is 0 Å². The van der Waals surface area contributed by atoms with Crippen molar-refractivity contribution >= 4 is 17.9 Å². The molecule has 6 nitrogen and oxygen atoms in total. The summed E-state index contributed by atoms with van der Waals surface area (Å²) in [6, 6.07) is 0. The van der Waals surface area contributed by atoms with Gasteiger partial charge in [-0.2, -0.15) is 0 Å². The van der Waals surface area contributed by atoms with E-state index in [2.05, 4.69) is 57.2 Å². The predicted molar refractivity (Wildman–Crippen MR) is 358 cm³/mol. The van der Waals surface area contributed by atoms with Crippen LogP contribution in [0, 0.1) is 0 Å². The van der Waals surface area contributed by atoms with Crippen molar-refractivity contribution in [3.8, 4) is 0 Å². The first-order chi connectivity index (χ1) is 40.5. The zero-order valence-corrected chi connectivity index (χ0v) is 55.5. The van der Waals surface area contributed by atoms with Gasteiger partial charge in [0.2, 0.25) is 0 Å². The summed E-state index contributed by atoms with van der Waals surface area (Å²) in [5.74, 6) is -0.854. The molecule has 0 aromatic heterocycles. The molecular formula is C76H142O6. The highest BCUT2D eigenvalue weighted by molar-refractivity contribution is 5.71. The fraction of sp³-hybridized carbons (Fsp3) is 0.882. The number of hydrogen-bond acceptors (Lipinski definition) is 6. The molecule has 0 saturated carbocycles. The van der Waals surface area contributed by atoms with Crippen LogP contribution in [0.2, 0.25) is 0 Å². The Bertz CT molecular complexity index is 1370. The number of carbonyl (C=O) groups is 3. The van der Waals surface area contributed by atoms with Gasteiger partial charge >= 0.3 is 17.9 Å². The molecule has 0 fully saturated rings. The standard InChI is InChI=1S/C76H142O6/c1-4-7-10-13-16-19-22-25-28-31-33-35-37-38-40-41-43-45-48-51-54-57-60-63-66-69-75(78)81-72-73(71-80-74(77)68-65-62-59-56-53-50-47-30-27-24-21-18-15-12-9-6-3)82-76(79)70-67-64-61-58-55-52-49-46-44-42-39-36-34-32-29-26-23-20-17-14-11-8-5-2/h21,24,30-31,33,47,73H,4-20,22-23,25-29,32,34-46,48-72H2,1-3H3/b24-21-,33-31-,47-30-. The van der Waals surface area contributed by atoms with Crippen LogP contribution in [-0.4, -0.2) is 37.2 Å². The van der Waals surface area contributed by atoms with Gasteiger partial charge in [-0.3, -0.25) is 14.4 Å². The van der Waals surface area contributed by atoms with Gasteiger partial charge in [0.25, 0.3) is 0 Å². The zero-order valence-electron chi connectivity index (χ0n) is 55.5. The van der Waals surface area contributed by atoms with Gasteiger partial charge in [0.15, 0.2) is 6.10 Å². The van der Waals surface area contributed by atoms with Crippen LogP contribution in [0.5, 0.6) is 0 Å². The summed E-state index contributed by atoms with van der Waals surface area (Å²) in [4.78, 5) is 38.5. The minimum atomic E-state index is -0.777. The van der Waals surface area contributed by atoms with Gasteiger partial charge in [-0.15, -0.1) is 0 Å². The molecule has 0 aromatic carbocycles. The van der Waals surface area contributed by atoms with Crippen LogP contribution in [0.15, 0.2) is 36.5 Å².